The van der Waals surface area contributed by atoms with Gasteiger partial charge >= 0.3 is 0 Å². The average Bonchev–Trinajstić information content (AvgIpc) is 3.38. The second kappa shape index (κ2) is 7.98. The lowest BCUT2D eigenvalue weighted by molar-refractivity contribution is 0.0966. The SMILES string of the molecule is CC(C)(C)C1CCc2sc(C(=O)NNc3ccc(S(=O)(=O)NC4CC4)cc3)cc2C1. The Kier molecular flexibility index (Phi) is 5.67. The minimum absolute atomic E-state index is 0.0717. The number of hydrazine groups is 1. The quantitative estimate of drug-likeness (QED) is 0.582. The van der Waals surface area contributed by atoms with Gasteiger partial charge in [0.15, 0.2) is 0 Å². The molecule has 1 fully saturated rings. The Morgan fingerprint density at radius 3 is 2.43 bits per heavy atom. The Morgan fingerprint density at radius 1 is 1.10 bits per heavy atom. The molecule has 6 nitrogen and oxygen atoms in total. The summed E-state index contributed by atoms with van der Waals surface area (Å²) >= 11 is 1.57. The topological polar surface area (TPSA) is 87.3 Å². The molecule has 8 heteroatoms. The van der Waals surface area contributed by atoms with Crippen LogP contribution >= 0.6 is 11.3 Å². The lowest BCUT2D eigenvalue weighted by Crippen LogP contribution is -2.29. The summed E-state index contributed by atoms with van der Waals surface area (Å²) in [6.07, 6.45) is 5.03. The van der Waals surface area contributed by atoms with Crippen LogP contribution in [0, 0.1) is 11.3 Å². The number of benzene rings is 1. The molecule has 30 heavy (non-hydrogen) atoms. The monoisotopic (exact) mass is 447 g/mol. The Balaban J connectivity index is 1.36. The molecule has 2 aliphatic carbocycles. The van der Waals surface area contributed by atoms with Gasteiger partial charge < -0.3 is 0 Å². The van der Waals surface area contributed by atoms with Gasteiger partial charge in [0, 0.05) is 10.9 Å². The van der Waals surface area contributed by atoms with Gasteiger partial charge in [0.2, 0.25) is 10.0 Å². The van der Waals surface area contributed by atoms with Crippen LogP contribution in [0.3, 0.4) is 0 Å². The Bertz CT molecular complexity index is 1030. The Morgan fingerprint density at radius 2 is 1.80 bits per heavy atom. The molecule has 0 spiro atoms. The highest BCUT2D eigenvalue weighted by molar-refractivity contribution is 7.89. The summed E-state index contributed by atoms with van der Waals surface area (Å²) in [7, 11) is -3.47. The molecule has 0 bridgehead atoms. The molecule has 1 aromatic carbocycles. The molecule has 0 aliphatic heterocycles. The minimum atomic E-state index is -3.47. The lowest BCUT2D eigenvalue weighted by Gasteiger charge is -2.33. The van der Waals surface area contributed by atoms with Crippen LogP contribution in [0.4, 0.5) is 5.69 Å². The van der Waals surface area contributed by atoms with Crippen LogP contribution in [0.15, 0.2) is 35.2 Å². The van der Waals surface area contributed by atoms with Crippen molar-refractivity contribution in [3.8, 4) is 0 Å². The maximum Gasteiger partial charge on any atom is 0.279 e. The first kappa shape index (κ1) is 21.3. The van der Waals surface area contributed by atoms with Crippen LogP contribution in [0.5, 0.6) is 0 Å². The number of aryl methyl sites for hydroxylation is 1. The number of hydrogen-bond donors (Lipinski definition) is 3. The van der Waals surface area contributed by atoms with E-state index in [1.54, 1.807) is 23.5 Å². The summed E-state index contributed by atoms with van der Waals surface area (Å²) in [6.45, 7) is 6.85. The summed E-state index contributed by atoms with van der Waals surface area (Å²) in [5.41, 5.74) is 7.81. The van der Waals surface area contributed by atoms with Gasteiger partial charge in [0.05, 0.1) is 15.5 Å². The molecular formula is C22H29N3O3S2. The van der Waals surface area contributed by atoms with Gasteiger partial charge in [-0.15, -0.1) is 11.3 Å². The fourth-order valence-electron chi connectivity index (χ4n) is 3.77. The molecule has 1 atom stereocenters. The zero-order valence-electron chi connectivity index (χ0n) is 17.6. The van der Waals surface area contributed by atoms with E-state index in [9.17, 15) is 13.2 Å². The summed E-state index contributed by atoms with van der Waals surface area (Å²) < 4.78 is 27.1. The smallest absolute Gasteiger partial charge is 0.279 e. The van der Waals surface area contributed by atoms with Crippen molar-refractivity contribution in [2.75, 3.05) is 5.43 Å². The van der Waals surface area contributed by atoms with Crippen molar-refractivity contribution in [3.05, 3.63) is 45.6 Å². The minimum Gasteiger partial charge on any atom is -0.298 e. The number of fused-ring (bicyclic) bond motifs is 1. The van der Waals surface area contributed by atoms with Crippen molar-refractivity contribution in [2.45, 2.75) is 63.8 Å². The van der Waals surface area contributed by atoms with E-state index in [1.165, 1.54) is 29.0 Å². The first-order valence-electron chi connectivity index (χ1n) is 10.4. The fourth-order valence-corrected chi connectivity index (χ4v) is 6.18. The van der Waals surface area contributed by atoms with Crippen LogP contribution < -0.4 is 15.6 Å². The third kappa shape index (κ3) is 4.87. The molecular weight excluding hydrogens is 418 g/mol. The van der Waals surface area contributed by atoms with E-state index >= 15 is 0 Å². The van der Waals surface area contributed by atoms with Gasteiger partial charge in [-0.1, -0.05) is 20.8 Å². The van der Waals surface area contributed by atoms with E-state index in [2.05, 4.69) is 36.3 Å². The van der Waals surface area contributed by atoms with E-state index in [1.807, 2.05) is 6.07 Å². The molecule has 162 valence electrons. The second-order valence-electron chi connectivity index (χ2n) is 9.36. The third-order valence-electron chi connectivity index (χ3n) is 5.92. The van der Waals surface area contributed by atoms with Crippen LogP contribution in [-0.2, 0) is 22.9 Å². The van der Waals surface area contributed by atoms with Crippen molar-refractivity contribution in [1.29, 1.82) is 0 Å². The first-order chi connectivity index (χ1) is 14.1. The van der Waals surface area contributed by atoms with Gasteiger partial charge in [-0.05, 0) is 79.3 Å². The van der Waals surface area contributed by atoms with E-state index in [0.29, 0.717) is 16.5 Å². The molecule has 1 aromatic heterocycles. The largest absolute Gasteiger partial charge is 0.298 e. The average molecular weight is 448 g/mol. The molecule has 4 rings (SSSR count). The highest BCUT2D eigenvalue weighted by Gasteiger charge is 2.30. The lowest BCUT2D eigenvalue weighted by atomic mass is 9.72. The zero-order chi connectivity index (χ0) is 21.5. The van der Waals surface area contributed by atoms with E-state index in [-0.39, 0.29) is 22.3 Å². The summed E-state index contributed by atoms with van der Waals surface area (Å²) in [6, 6.07) is 8.46. The van der Waals surface area contributed by atoms with Crippen LogP contribution in [0.2, 0.25) is 0 Å². The van der Waals surface area contributed by atoms with Crippen molar-refractivity contribution < 1.29 is 13.2 Å². The third-order valence-corrected chi connectivity index (χ3v) is 8.69. The van der Waals surface area contributed by atoms with Crippen LogP contribution in [-0.4, -0.2) is 20.4 Å². The molecule has 1 amide bonds. The van der Waals surface area contributed by atoms with Gasteiger partial charge in [0.1, 0.15) is 0 Å². The number of anilines is 1. The molecule has 2 aromatic rings. The Labute approximate surface area is 182 Å². The number of hydrogen-bond acceptors (Lipinski definition) is 5. The maximum absolute atomic E-state index is 12.6. The molecule has 0 saturated heterocycles. The number of rotatable bonds is 6. The second-order valence-corrected chi connectivity index (χ2v) is 12.2. The molecule has 0 radical (unpaired) electrons. The zero-order valence-corrected chi connectivity index (χ0v) is 19.3. The van der Waals surface area contributed by atoms with Crippen LogP contribution in [0.25, 0.3) is 0 Å². The molecule has 2 aliphatic rings. The van der Waals surface area contributed by atoms with E-state index < -0.39 is 10.0 Å². The summed E-state index contributed by atoms with van der Waals surface area (Å²) in [5, 5.41) is 0. The number of nitrogens with one attached hydrogen (secondary N) is 3. The van der Waals surface area contributed by atoms with Crippen molar-refractivity contribution in [3.63, 3.8) is 0 Å². The number of amides is 1. The number of sulfonamides is 1. The van der Waals surface area contributed by atoms with Crippen LogP contribution in [0.1, 0.15) is 60.1 Å². The fraction of sp³-hybridized carbons (Fsp3) is 0.500. The summed E-state index contributed by atoms with van der Waals surface area (Å²) in [5.74, 6) is 0.464. The highest BCUT2D eigenvalue weighted by Crippen LogP contribution is 2.40. The predicted octanol–water partition coefficient (Wildman–Crippen LogP) is 4.10. The summed E-state index contributed by atoms with van der Waals surface area (Å²) in [4.78, 5) is 14.8. The van der Waals surface area contributed by atoms with Gasteiger partial charge in [-0.3, -0.25) is 15.6 Å². The number of carbonyl (C=O) groups is 1. The first-order valence-corrected chi connectivity index (χ1v) is 12.7. The molecule has 1 heterocycles. The van der Waals surface area contributed by atoms with Gasteiger partial charge in [-0.25, -0.2) is 13.1 Å². The van der Waals surface area contributed by atoms with Gasteiger partial charge in [-0.2, -0.15) is 0 Å². The van der Waals surface area contributed by atoms with Crippen molar-refractivity contribution in [1.82, 2.24) is 10.1 Å². The molecule has 1 saturated carbocycles. The van der Waals surface area contributed by atoms with Crippen molar-refractivity contribution in [2.24, 2.45) is 11.3 Å². The van der Waals surface area contributed by atoms with Crippen molar-refractivity contribution >= 4 is 33.0 Å². The Hall–Kier alpha value is -1.90. The van der Waals surface area contributed by atoms with E-state index in [4.69, 9.17) is 0 Å². The standard InChI is InChI=1S/C22H29N3O3S2/c1-22(2,3)15-4-11-19-14(12-15)13-20(29-19)21(26)24-23-16-7-9-18(10-8-16)30(27,28)25-17-5-6-17/h7-10,13,15,17,23,25H,4-6,11-12H2,1-3H3,(H,24,26). The highest BCUT2D eigenvalue weighted by atomic mass is 32.2. The predicted molar refractivity (Wildman–Crippen MR) is 120 cm³/mol. The molecule has 3 N–H and O–H groups in total. The number of thiophene rings is 1. The number of carbonyl (C=O) groups excluding carboxylic acids is 1. The van der Waals surface area contributed by atoms with E-state index in [0.717, 1.165) is 25.7 Å². The van der Waals surface area contributed by atoms with Gasteiger partial charge in [0.25, 0.3) is 5.91 Å². The normalized spacial score (nSPS) is 19.2. The maximum atomic E-state index is 12.6. The molecule has 1 unspecified atom stereocenters.